The van der Waals surface area contributed by atoms with Crippen LogP contribution in [0.1, 0.15) is 30.4 Å². The van der Waals surface area contributed by atoms with Crippen molar-refractivity contribution in [1.82, 2.24) is 0 Å². The molecule has 2 nitrogen and oxygen atoms in total. The van der Waals surface area contributed by atoms with Gasteiger partial charge in [0, 0.05) is 6.42 Å². The van der Waals surface area contributed by atoms with Crippen molar-refractivity contribution in [2.75, 3.05) is 0 Å². The maximum absolute atomic E-state index is 10.4. The highest BCUT2D eigenvalue weighted by Crippen LogP contribution is 2.34. The SMILES string of the molecule is Cc1cc(O)c(Cl)c(C(C)CC=O)c1. The molecule has 1 unspecified atom stereocenters. The maximum atomic E-state index is 10.4. The standard InChI is InChI=1S/C11H13ClO2/c1-7-5-9(8(2)3-4-13)11(12)10(14)6-7/h4-6,8,14H,3H2,1-2H3. The zero-order chi connectivity index (χ0) is 10.7. The van der Waals surface area contributed by atoms with Gasteiger partial charge in [-0.1, -0.05) is 24.6 Å². The summed E-state index contributed by atoms with van der Waals surface area (Å²) in [5.41, 5.74) is 1.77. The van der Waals surface area contributed by atoms with Gasteiger partial charge in [-0.05, 0) is 30.0 Å². The molecule has 1 rings (SSSR count). The average molecular weight is 213 g/mol. The summed E-state index contributed by atoms with van der Waals surface area (Å²) in [6, 6.07) is 3.51. The molecule has 0 bridgehead atoms. The van der Waals surface area contributed by atoms with E-state index >= 15 is 0 Å². The summed E-state index contributed by atoms with van der Waals surface area (Å²) in [6.45, 7) is 3.79. The summed E-state index contributed by atoms with van der Waals surface area (Å²) in [5, 5.41) is 9.83. The van der Waals surface area contributed by atoms with E-state index in [2.05, 4.69) is 0 Å². The van der Waals surface area contributed by atoms with Crippen LogP contribution in [0.5, 0.6) is 5.75 Å². The molecule has 0 saturated heterocycles. The minimum Gasteiger partial charge on any atom is -0.506 e. The van der Waals surface area contributed by atoms with Crippen LogP contribution in [-0.2, 0) is 4.79 Å². The second-order valence-electron chi connectivity index (χ2n) is 3.49. The van der Waals surface area contributed by atoms with Gasteiger partial charge in [0.15, 0.2) is 0 Å². The number of benzene rings is 1. The summed E-state index contributed by atoms with van der Waals surface area (Å²) in [5.74, 6) is 0.130. The Labute approximate surface area is 88.5 Å². The fourth-order valence-corrected chi connectivity index (χ4v) is 1.70. The molecule has 3 heteroatoms. The van der Waals surface area contributed by atoms with Gasteiger partial charge in [-0.3, -0.25) is 0 Å². The van der Waals surface area contributed by atoms with Crippen molar-refractivity contribution in [2.24, 2.45) is 0 Å². The number of halogens is 1. The Balaban J connectivity index is 3.12. The Kier molecular flexibility index (Phi) is 3.53. The molecule has 0 fully saturated rings. The molecule has 0 spiro atoms. The van der Waals surface area contributed by atoms with E-state index < -0.39 is 0 Å². The average Bonchev–Trinajstić information content (AvgIpc) is 2.11. The molecule has 14 heavy (non-hydrogen) atoms. The Morgan fingerprint density at radius 3 is 2.79 bits per heavy atom. The lowest BCUT2D eigenvalue weighted by atomic mass is 9.96. The van der Waals surface area contributed by atoms with Crippen molar-refractivity contribution >= 4 is 17.9 Å². The highest BCUT2D eigenvalue weighted by atomic mass is 35.5. The molecular formula is C11H13ClO2. The minimum absolute atomic E-state index is 0.0470. The third-order valence-corrected chi connectivity index (χ3v) is 2.62. The van der Waals surface area contributed by atoms with Crippen LogP contribution in [0.2, 0.25) is 5.02 Å². The second-order valence-corrected chi connectivity index (χ2v) is 3.87. The van der Waals surface area contributed by atoms with Gasteiger partial charge in [0.1, 0.15) is 12.0 Å². The maximum Gasteiger partial charge on any atom is 0.134 e. The van der Waals surface area contributed by atoms with E-state index in [1.165, 1.54) is 0 Å². The molecule has 0 aliphatic rings. The Hall–Kier alpha value is -1.02. The lowest BCUT2D eigenvalue weighted by Gasteiger charge is -2.12. The van der Waals surface area contributed by atoms with E-state index in [4.69, 9.17) is 11.6 Å². The number of aryl methyl sites for hydroxylation is 1. The number of phenols is 1. The highest BCUT2D eigenvalue weighted by molar-refractivity contribution is 6.32. The first kappa shape index (κ1) is 11.1. The molecule has 0 saturated carbocycles. The molecule has 0 heterocycles. The molecule has 1 N–H and O–H groups in total. The summed E-state index contributed by atoms with van der Waals surface area (Å²) in [4.78, 5) is 10.4. The summed E-state index contributed by atoms with van der Waals surface area (Å²) < 4.78 is 0. The molecule has 0 radical (unpaired) electrons. The molecule has 0 aliphatic carbocycles. The first-order valence-electron chi connectivity index (χ1n) is 4.49. The Morgan fingerprint density at radius 1 is 1.57 bits per heavy atom. The largest absolute Gasteiger partial charge is 0.506 e. The third-order valence-electron chi connectivity index (χ3n) is 2.21. The van der Waals surface area contributed by atoms with Crippen LogP contribution in [0, 0.1) is 6.92 Å². The summed E-state index contributed by atoms with van der Waals surface area (Å²) in [6.07, 6.45) is 1.28. The fourth-order valence-electron chi connectivity index (χ4n) is 1.41. The molecule has 1 atom stereocenters. The van der Waals surface area contributed by atoms with Crippen LogP contribution >= 0.6 is 11.6 Å². The first-order chi connectivity index (χ1) is 6.56. The van der Waals surface area contributed by atoms with Gasteiger partial charge in [-0.15, -0.1) is 0 Å². The predicted molar refractivity (Wildman–Crippen MR) is 56.9 cm³/mol. The van der Waals surface area contributed by atoms with Crippen LogP contribution in [0.3, 0.4) is 0 Å². The fraction of sp³-hybridized carbons (Fsp3) is 0.364. The van der Waals surface area contributed by atoms with Crippen molar-refractivity contribution in [3.8, 4) is 5.75 Å². The number of aromatic hydroxyl groups is 1. The zero-order valence-electron chi connectivity index (χ0n) is 8.25. The van der Waals surface area contributed by atoms with Crippen LogP contribution in [0.15, 0.2) is 12.1 Å². The van der Waals surface area contributed by atoms with E-state index in [9.17, 15) is 9.90 Å². The molecule has 1 aromatic carbocycles. The van der Waals surface area contributed by atoms with Gasteiger partial charge in [0.25, 0.3) is 0 Å². The van der Waals surface area contributed by atoms with Gasteiger partial charge in [0.2, 0.25) is 0 Å². The molecular weight excluding hydrogens is 200 g/mol. The van der Waals surface area contributed by atoms with Gasteiger partial charge >= 0.3 is 0 Å². The Morgan fingerprint density at radius 2 is 2.21 bits per heavy atom. The van der Waals surface area contributed by atoms with Crippen LogP contribution in [-0.4, -0.2) is 11.4 Å². The van der Waals surface area contributed by atoms with Gasteiger partial charge < -0.3 is 9.90 Å². The van der Waals surface area contributed by atoms with Crippen LogP contribution < -0.4 is 0 Å². The number of aldehydes is 1. The molecule has 0 aliphatic heterocycles. The topological polar surface area (TPSA) is 37.3 Å². The van der Waals surface area contributed by atoms with Gasteiger partial charge in [-0.2, -0.15) is 0 Å². The number of phenolic OH excluding ortho intramolecular Hbond substituents is 1. The van der Waals surface area contributed by atoms with Gasteiger partial charge in [0.05, 0.1) is 5.02 Å². The lowest BCUT2D eigenvalue weighted by molar-refractivity contribution is -0.108. The van der Waals surface area contributed by atoms with E-state index in [-0.39, 0.29) is 11.7 Å². The van der Waals surface area contributed by atoms with Crippen molar-refractivity contribution < 1.29 is 9.90 Å². The van der Waals surface area contributed by atoms with Crippen LogP contribution in [0.25, 0.3) is 0 Å². The van der Waals surface area contributed by atoms with Gasteiger partial charge in [-0.25, -0.2) is 0 Å². The lowest BCUT2D eigenvalue weighted by Crippen LogP contribution is -1.96. The molecule has 0 amide bonds. The molecule has 76 valence electrons. The van der Waals surface area contributed by atoms with E-state index in [0.717, 1.165) is 17.4 Å². The minimum atomic E-state index is 0.0470. The van der Waals surface area contributed by atoms with Crippen LogP contribution in [0.4, 0.5) is 0 Å². The quantitative estimate of drug-likeness (QED) is 0.782. The number of carbonyl (C=O) groups excluding carboxylic acids is 1. The molecule has 0 aromatic heterocycles. The highest BCUT2D eigenvalue weighted by Gasteiger charge is 2.12. The first-order valence-corrected chi connectivity index (χ1v) is 4.86. The van der Waals surface area contributed by atoms with Crippen molar-refractivity contribution in [2.45, 2.75) is 26.2 Å². The monoisotopic (exact) mass is 212 g/mol. The second kappa shape index (κ2) is 4.47. The normalized spacial score (nSPS) is 12.5. The number of rotatable bonds is 3. The van der Waals surface area contributed by atoms with E-state index in [1.807, 2.05) is 19.9 Å². The van der Waals surface area contributed by atoms with E-state index in [1.54, 1.807) is 6.07 Å². The number of hydrogen-bond donors (Lipinski definition) is 1. The number of carbonyl (C=O) groups is 1. The smallest absolute Gasteiger partial charge is 0.134 e. The summed E-state index contributed by atoms with van der Waals surface area (Å²) in [7, 11) is 0. The predicted octanol–water partition coefficient (Wildman–Crippen LogP) is 3.05. The van der Waals surface area contributed by atoms with E-state index in [0.29, 0.717) is 11.4 Å². The van der Waals surface area contributed by atoms with Crippen molar-refractivity contribution in [1.29, 1.82) is 0 Å². The summed E-state index contributed by atoms with van der Waals surface area (Å²) >= 11 is 5.93. The van der Waals surface area contributed by atoms with Crippen molar-refractivity contribution in [3.05, 3.63) is 28.3 Å². The number of hydrogen-bond acceptors (Lipinski definition) is 2. The third kappa shape index (κ3) is 2.26. The van der Waals surface area contributed by atoms with Crippen molar-refractivity contribution in [3.63, 3.8) is 0 Å². The Bertz CT molecular complexity index is 347. The zero-order valence-corrected chi connectivity index (χ0v) is 9.01. The molecule has 1 aromatic rings.